The minimum Gasteiger partial charge on any atom is -0.339 e. The van der Waals surface area contributed by atoms with Crippen molar-refractivity contribution in [3.05, 3.63) is 16.1 Å². The molecule has 110 valence electrons. The fourth-order valence-electron chi connectivity index (χ4n) is 1.64. The van der Waals surface area contributed by atoms with Gasteiger partial charge in [0.25, 0.3) is 0 Å². The molecule has 1 amide bonds. The molecule has 0 spiro atoms. The summed E-state index contributed by atoms with van der Waals surface area (Å²) in [6.07, 6.45) is 4.48. The Morgan fingerprint density at radius 3 is 2.74 bits per heavy atom. The lowest BCUT2D eigenvalue weighted by molar-refractivity contribution is -0.129. The van der Waals surface area contributed by atoms with E-state index in [1.54, 1.807) is 16.2 Å². The van der Waals surface area contributed by atoms with Gasteiger partial charge in [-0.05, 0) is 32.2 Å². The maximum atomic E-state index is 11.8. The standard InChI is InChI=1S/C12H19N3OS.2ClH/c1-9-14-6-11(17-9)8-15(2)12(16)7-13-5-10-3-4-10;;/h6,10,13H,3-5,7-8H2,1-2H3;2*1H. The number of halogens is 2. The van der Waals surface area contributed by atoms with Crippen LogP contribution in [0.25, 0.3) is 0 Å². The van der Waals surface area contributed by atoms with Crippen LogP contribution >= 0.6 is 36.2 Å². The molecule has 1 N–H and O–H groups in total. The number of aromatic nitrogens is 1. The second-order valence-corrected chi connectivity index (χ2v) is 5.99. The summed E-state index contributed by atoms with van der Waals surface area (Å²) in [5, 5.41) is 4.26. The van der Waals surface area contributed by atoms with Crippen LogP contribution in [0.15, 0.2) is 6.20 Å². The van der Waals surface area contributed by atoms with Crippen LogP contribution in [0, 0.1) is 12.8 Å². The van der Waals surface area contributed by atoms with E-state index in [4.69, 9.17) is 0 Å². The van der Waals surface area contributed by atoms with Crippen LogP contribution in [0.3, 0.4) is 0 Å². The number of thiazole rings is 1. The van der Waals surface area contributed by atoms with Gasteiger partial charge in [-0.15, -0.1) is 36.2 Å². The molecule has 1 fully saturated rings. The van der Waals surface area contributed by atoms with E-state index in [0.29, 0.717) is 13.1 Å². The Hall–Kier alpha value is -0.360. The van der Waals surface area contributed by atoms with E-state index in [0.717, 1.165) is 22.3 Å². The first kappa shape index (κ1) is 18.6. The van der Waals surface area contributed by atoms with E-state index in [9.17, 15) is 4.79 Å². The average molecular weight is 326 g/mol. The van der Waals surface area contributed by atoms with Gasteiger partial charge in [-0.25, -0.2) is 4.98 Å². The van der Waals surface area contributed by atoms with Gasteiger partial charge in [-0.2, -0.15) is 0 Å². The summed E-state index contributed by atoms with van der Waals surface area (Å²) in [6, 6.07) is 0. The summed E-state index contributed by atoms with van der Waals surface area (Å²) in [4.78, 5) is 18.9. The molecule has 1 aromatic heterocycles. The van der Waals surface area contributed by atoms with Crippen LogP contribution in [0.1, 0.15) is 22.7 Å². The third-order valence-corrected chi connectivity index (χ3v) is 3.79. The summed E-state index contributed by atoms with van der Waals surface area (Å²) in [5.41, 5.74) is 0. The van der Waals surface area contributed by atoms with Gasteiger partial charge >= 0.3 is 0 Å². The van der Waals surface area contributed by atoms with Gasteiger partial charge in [0.15, 0.2) is 0 Å². The van der Waals surface area contributed by atoms with Gasteiger partial charge in [0.1, 0.15) is 0 Å². The van der Waals surface area contributed by atoms with Crippen molar-refractivity contribution in [3.8, 4) is 0 Å². The molecule has 0 aliphatic heterocycles. The fraction of sp³-hybridized carbons (Fsp3) is 0.667. The first-order valence-electron chi connectivity index (χ1n) is 6.01. The van der Waals surface area contributed by atoms with E-state index < -0.39 is 0 Å². The van der Waals surface area contributed by atoms with Crippen molar-refractivity contribution in [2.24, 2.45) is 5.92 Å². The average Bonchev–Trinajstić information content (AvgIpc) is 3.02. The zero-order valence-electron chi connectivity index (χ0n) is 11.2. The number of carbonyl (C=O) groups is 1. The number of likely N-dealkylation sites (N-methyl/N-ethyl adjacent to an activating group) is 1. The highest BCUT2D eigenvalue weighted by atomic mass is 35.5. The monoisotopic (exact) mass is 325 g/mol. The lowest BCUT2D eigenvalue weighted by Gasteiger charge is -2.16. The van der Waals surface area contributed by atoms with Gasteiger partial charge in [0.2, 0.25) is 5.91 Å². The lowest BCUT2D eigenvalue weighted by Crippen LogP contribution is -2.35. The third kappa shape index (κ3) is 6.56. The Morgan fingerprint density at radius 2 is 2.21 bits per heavy atom. The number of nitrogens with one attached hydrogen (secondary N) is 1. The third-order valence-electron chi connectivity index (χ3n) is 2.89. The van der Waals surface area contributed by atoms with Gasteiger partial charge < -0.3 is 10.2 Å². The normalized spacial score (nSPS) is 13.4. The largest absolute Gasteiger partial charge is 0.339 e. The molecule has 0 bridgehead atoms. The van der Waals surface area contributed by atoms with Crippen LogP contribution in [0.2, 0.25) is 0 Å². The Balaban J connectivity index is 0.00000162. The summed E-state index contributed by atoms with van der Waals surface area (Å²) >= 11 is 1.65. The Kier molecular flexibility index (Phi) is 8.57. The van der Waals surface area contributed by atoms with Crippen molar-refractivity contribution in [2.45, 2.75) is 26.3 Å². The van der Waals surface area contributed by atoms with E-state index in [2.05, 4.69) is 10.3 Å². The topological polar surface area (TPSA) is 45.2 Å². The van der Waals surface area contributed by atoms with Crippen LogP contribution in [-0.2, 0) is 11.3 Å². The smallest absolute Gasteiger partial charge is 0.236 e. The molecule has 0 atom stereocenters. The van der Waals surface area contributed by atoms with E-state index >= 15 is 0 Å². The molecule has 0 radical (unpaired) electrons. The minimum absolute atomic E-state index is 0. The van der Waals surface area contributed by atoms with Crippen LogP contribution < -0.4 is 5.32 Å². The van der Waals surface area contributed by atoms with Crippen LogP contribution in [-0.4, -0.2) is 35.9 Å². The number of hydrogen-bond donors (Lipinski definition) is 1. The summed E-state index contributed by atoms with van der Waals surface area (Å²) in [6.45, 7) is 4.08. The second kappa shape index (κ2) is 8.74. The maximum Gasteiger partial charge on any atom is 0.236 e. The minimum atomic E-state index is 0. The molecule has 0 aromatic carbocycles. The molecule has 1 saturated carbocycles. The number of nitrogens with zero attached hydrogens (tertiary/aromatic N) is 2. The highest BCUT2D eigenvalue weighted by molar-refractivity contribution is 7.11. The van der Waals surface area contributed by atoms with Crippen molar-refractivity contribution in [3.63, 3.8) is 0 Å². The zero-order valence-corrected chi connectivity index (χ0v) is 13.7. The van der Waals surface area contributed by atoms with Crippen molar-refractivity contribution in [2.75, 3.05) is 20.1 Å². The number of hydrogen-bond acceptors (Lipinski definition) is 4. The SMILES string of the molecule is Cc1ncc(CN(C)C(=O)CNCC2CC2)s1.Cl.Cl. The van der Waals surface area contributed by atoms with E-state index in [1.807, 2.05) is 20.2 Å². The molecule has 0 saturated heterocycles. The number of amides is 1. The Morgan fingerprint density at radius 1 is 1.53 bits per heavy atom. The predicted octanol–water partition coefficient (Wildman–Crippen LogP) is 2.25. The quantitative estimate of drug-likeness (QED) is 0.872. The van der Waals surface area contributed by atoms with Crippen molar-refractivity contribution >= 4 is 42.1 Å². The number of aryl methyl sites for hydroxylation is 1. The Labute approximate surface area is 130 Å². The van der Waals surface area contributed by atoms with Gasteiger partial charge in [-0.3, -0.25) is 4.79 Å². The first-order chi connectivity index (χ1) is 8.15. The number of carbonyl (C=O) groups excluding carboxylic acids is 1. The lowest BCUT2D eigenvalue weighted by atomic mass is 10.4. The van der Waals surface area contributed by atoms with Crippen LogP contribution in [0.4, 0.5) is 0 Å². The molecule has 0 unspecified atom stereocenters. The van der Waals surface area contributed by atoms with Crippen molar-refractivity contribution in [1.82, 2.24) is 15.2 Å². The summed E-state index contributed by atoms with van der Waals surface area (Å²) < 4.78 is 0. The zero-order chi connectivity index (χ0) is 12.3. The van der Waals surface area contributed by atoms with E-state index in [-0.39, 0.29) is 30.7 Å². The molecular formula is C12H21Cl2N3OS. The molecule has 2 rings (SSSR count). The van der Waals surface area contributed by atoms with Gasteiger partial charge in [0, 0.05) is 18.1 Å². The molecule has 1 aliphatic rings. The number of rotatable bonds is 6. The molecule has 1 aromatic rings. The molecule has 4 nitrogen and oxygen atoms in total. The molecule has 1 heterocycles. The molecular weight excluding hydrogens is 305 g/mol. The highest BCUT2D eigenvalue weighted by Gasteiger charge is 2.21. The first-order valence-corrected chi connectivity index (χ1v) is 6.83. The molecule has 7 heteroatoms. The second-order valence-electron chi connectivity index (χ2n) is 4.67. The fourth-order valence-corrected chi connectivity index (χ4v) is 2.49. The van der Waals surface area contributed by atoms with Crippen LogP contribution in [0.5, 0.6) is 0 Å². The summed E-state index contributed by atoms with van der Waals surface area (Å²) in [7, 11) is 1.84. The van der Waals surface area contributed by atoms with Crippen molar-refractivity contribution in [1.29, 1.82) is 0 Å². The summed E-state index contributed by atoms with van der Waals surface area (Å²) in [5.74, 6) is 0.967. The molecule has 1 aliphatic carbocycles. The van der Waals surface area contributed by atoms with Gasteiger partial charge in [-0.1, -0.05) is 0 Å². The van der Waals surface area contributed by atoms with Crippen molar-refractivity contribution < 1.29 is 4.79 Å². The highest BCUT2D eigenvalue weighted by Crippen LogP contribution is 2.27. The Bertz CT molecular complexity index is 396. The maximum absolute atomic E-state index is 11.8. The van der Waals surface area contributed by atoms with Gasteiger partial charge in [0.05, 0.1) is 18.1 Å². The van der Waals surface area contributed by atoms with E-state index in [1.165, 1.54) is 12.8 Å². The predicted molar refractivity (Wildman–Crippen MR) is 83.4 cm³/mol. The molecule has 19 heavy (non-hydrogen) atoms.